The Morgan fingerprint density at radius 2 is 1.96 bits per heavy atom. The average molecular weight is 352 g/mol. The molecule has 0 bridgehead atoms. The Morgan fingerprint density at radius 3 is 2.70 bits per heavy atom. The second kappa shape index (κ2) is 7.91. The molecule has 1 heterocycles. The molecule has 122 valence electrons. The van der Waals surface area contributed by atoms with Crippen molar-refractivity contribution in [1.82, 2.24) is 0 Å². The molecule has 0 saturated carbocycles. The molecule has 0 radical (unpaired) electrons. The summed E-state index contributed by atoms with van der Waals surface area (Å²) in [6.45, 7) is 2.10. The van der Waals surface area contributed by atoms with Crippen LogP contribution in [0.15, 0.2) is 42.5 Å². The van der Waals surface area contributed by atoms with Crippen LogP contribution in [-0.2, 0) is 11.3 Å². The van der Waals surface area contributed by atoms with Gasteiger partial charge in [0, 0.05) is 35.0 Å². The molecule has 1 unspecified atom stereocenters. The lowest BCUT2D eigenvalue weighted by atomic mass is 10.2. The van der Waals surface area contributed by atoms with Crippen LogP contribution in [0.1, 0.15) is 18.4 Å². The zero-order chi connectivity index (χ0) is 16.1. The van der Waals surface area contributed by atoms with E-state index in [4.69, 9.17) is 32.7 Å². The van der Waals surface area contributed by atoms with Crippen molar-refractivity contribution in [3.05, 3.63) is 58.1 Å². The Hall–Kier alpha value is -1.42. The highest BCUT2D eigenvalue weighted by molar-refractivity contribution is 6.34. The van der Waals surface area contributed by atoms with Crippen LogP contribution < -0.4 is 10.1 Å². The number of nitrogens with one attached hydrogen (secondary N) is 1. The van der Waals surface area contributed by atoms with Gasteiger partial charge in [0.1, 0.15) is 12.4 Å². The summed E-state index contributed by atoms with van der Waals surface area (Å²) in [6, 6.07) is 13.4. The number of benzene rings is 2. The molecule has 1 aliphatic rings. The number of hydrogen-bond donors (Lipinski definition) is 1. The van der Waals surface area contributed by atoms with E-state index in [2.05, 4.69) is 5.32 Å². The summed E-state index contributed by atoms with van der Waals surface area (Å²) >= 11 is 12.0. The summed E-state index contributed by atoms with van der Waals surface area (Å²) < 4.78 is 11.4. The molecule has 2 aromatic carbocycles. The fourth-order valence-corrected chi connectivity index (χ4v) is 3.15. The molecule has 1 atom stereocenters. The van der Waals surface area contributed by atoms with Gasteiger partial charge in [0.2, 0.25) is 0 Å². The predicted octanol–water partition coefficient (Wildman–Crippen LogP) is 5.16. The molecular weight excluding hydrogens is 333 g/mol. The van der Waals surface area contributed by atoms with Crippen molar-refractivity contribution in [2.75, 3.05) is 18.5 Å². The first-order chi connectivity index (χ1) is 11.2. The topological polar surface area (TPSA) is 30.5 Å². The van der Waals surface area contributed by atoms with Crippen molar-refractivity contribution >= 4 is 28.9 Å². The Morgan fingerprint density at radius 1 is 1.13 bits per heavy atom. The summed E-state index contributed by atoms with van der Waals surface area (Å²) in [5.74, 6) is 0.842. The first-order valence-electron chi connectivity index (χ1n) is 7.72. The second-order valence-electron chi connectivity index (χ2n) is 5.61. The van der Waals surface area contributed by atoms with Crippen LogP contribution in [0.4, 0.5) is 5.69 Å². The highest BCUT2D eigenvalue weighted by Gasteiger charge is 2.15. The van der Waals surface area contributed by atoms with Crippen molar-refractivity contribution in [2.45, 2.75) is 25.5 Å². The van der Waals surface area contributed by atoms with Crippen LogP contribution in [-0.4, -0.2) is 19.3 Å². The van der Waals surface area contributed by atoms with Gasteiger partial charge < -0.3 is 14.8 Å². The molecule has 1 saturated heterocycles. The van der Waals surface area contributed by atoms with Crippen LogP contribution in [0, 0.1) is 0 Å². The molecule has 0 aromatic heterocycles. The molecule has 1 N–H and O–H groups in total. The molecule has 0 amide bonds. The first kappa shape index (κ1) is 16.4. The molecule has 3 rings (SSSR count). The Balaban J connectivity index is 1.56. The van der Waals surface area contributed by atoms with Gasteiger partial charge in [-0.2, -0.15) is 0 Å². The van der Waals surface area contributed by atoms with Gasteiger partial charge in [-0.25, -0.2) is 0 Å². The van der Waals surface area contributed by atoms with E-state index in [-0.39, 0.29) is 6.10 Å². The Bertz CT molecular complexity index is 637. The molecule has 23 heavy (non-hydrogen) atoms. The van der Waals surface area contributed by atoms with E-state index in [9.17, 15) is 0 Å². The van der Waals surface area contributed by atoms with Crippen LogP contribution in [0.3, 0.4) is 0 Å². The minimum Gasteiger partial charge on any atom is -0.491 e. The lowest BCUT2D eigenvalue weighted by Gasteiger charge is -2.13. The normalized spacial score (nSPS) is 17.2. The van der Waals surface area contributed by atoms with Crippen LogP contribution in [0.25, 0.3) is 0 Å². The smallest absolute Gasteiger partial charge is 0.121 e. The van der Waals surface area contributed by atoms with Gasteiger partial charge in [0.05, 0.1) is 6.10 Å². The fourth-order valence-electron chi connectivity index (χ4n) is 2.58. The zero-order valence-corrected chi connectivity index (χ0v) is 14.2. The molecule has 0 spiro atoms. The van der Waals surface area contributed by atoms with Crippen molar-refractivity contribution in [2.24, 2.45) is 0 Å². The summed E-state index contributed by atoms with van der Waals surface area (Å²) in [7, 11) is 0. The maximum Gasteiger partial charge on any atom is 0.121 e. The second-order valence-corrected chi connectivity index (χ2v) is 6.48. The minimum atomic E-state index is 0.222. The van der Waals surface area contributed by atoms with E-state index in [1.165, 1.54) is 0 Å². The Kier molecular flexibility index (Phi) is 5.65. The largest absolute Gasteiger partial charge is 0.491 e. The molecule has 1 fully saturated rings. The van der Waals surface area contributed by atoms with Crippen molar-refractivity contribution in [3.63, 3.8) is 0 Å². The van der Waals surface area contributed by atoms with Crippen molar-refractivity contribution in [3.8, 4) is 5.75 Å². The monoisotopic (exact) mass is 351 g/mol. The van der Waals surface area contributed by atoms with Gasteiger partial charge in [-0.15, -0.1) is 0 Å². The number of hydrogen-bond acceptors (Lipinski definition) is 3. The molecule has 5 heteroatoms. The molecular formula is C18H19Cl2NO2. The Labute approximate surface area is 146 Å². The maximum absolute atomic E-state index is 6.02. The quantitative estimate of drug-likeness (QED) is 0.779. The van der Waals surface area contributed by atoms with Crippen LogP contribution in [0.5, 0.6) is 5.75 Å². The summed E-state index contributed by atoms with van der Waals surface area (Å²) in [4.78, 5) is 0. The van der Waals surface area contributed by atoms with Crippen LogP contribution in [0.2, 0.25) is 10.0 Å². The molecule has 2 aromatic rings. The van der Waals surface area contributed by atoms with E-state index in [1.807, 2.05) is 36.4 Å². The lowest BCUT2D eigenvalue weighted by Crippen LogP contribution is -2.16. The van der Waals surface area contributed by atoms with Gasteiger partial charge in [0.25, 0.3) is 0 Å². The molecule has 3 nitrogen and oxygen atoms in total. The maximum atomic E-state index is 6.02. The number of rotatable bonds is 6. The SMILES string of the molecule is Clc1cc(Cl)cc(CNc2cccc(OCC3CCCO3)c2)c1. The van der Waals surface area contributed by atoms with Gasteiger partial charge in [0.15, 0.2) is 0 Å². The highest BCUT2D eigenvalue weighted by Crippen LogP contribution is 2.22. The van der Waals surface area contributed by atoms with Gasteiger partial charge in [-0.3, -0.25) is 0 Å². The number of anilines is 1. The highest BCUT2D eigenvalue weighted by atomic mass is 35.5. The van der Waals surface area contributed by atoms with Gasteiger partial charge >= 0.3 is 0 Å². The number of ether oxygens (including phenoxy) is 2. The predicted molar refractivity (Wildman–Crippen MR) is 94.7 cm³/mol. The van der Waals surface area contributed by atoms with E-state index in [0.29, 0.717) is 23.2 Å². The minimum absolute atomic E-state index is 0.222. The van der Waals surface area contributed by atoms with E-state index >= 15 is 0 Å². The average Bonchev–Trinajstić information content (AvgIpc) is 3.04. The van der Waals surface area contributed by atoms with Crippen molar-refractivity contribution in [1.29, 1.82) is 0 Å². The zero-order valence-electron chi connectivity index (χ0n) is 12.7. The van der Waals surface area contributed by atoms with Gasteiger partial charge in [-0.05, 0) is 48.7 Å². The van der Waals surface area contributed by atoms with E-state index < -0.39 is 0 Å². The lowest BCUT2D eigenvalue weighted by molar-refractivity contribution is 0.0680. The molecule has 1 aliphatic heterocycles. The third-order valence-corrected chi connectivity index (χ3v) is 4.15. The summed E-state index contributed by atoms with van der Waals surface area (Å²) in [5, 5.41) is 4.64. The standard InChI is InChI=1S/C18H19Cl2NO2/c19-14-7-13(8-15(20)9-14)11-21-16-3-1-4-17(10-16)23-12-18-5-2-6-22-18/h1,3-4,7-10,18,21H,2,5-6,11-12H2. The van der Waals surface area contributed by atoms with Gasteiger partial charge in [-0.1, -0.05) is 29.3 Å². The molecule has 0 aliphatic carbocycles. The van der Waals surface area contributed by atoms with E-state index in [0.717, 1.165) is 36.4 Å². The number of halogens is 2. The third kappa shape index (κ3) is 5.03. The summed E-state index contributed by atoms with van der Waals surface area (Å²) in [6.07, 6.45) is 2.42. The van der Waals surface area contributed by atoms with Crippen LogP contribution >= 0.6 is 23.2 Å². The first-order valence-corrected chi connectivity index (χ1v) is 8.48. The fraction of sp³-hybridized carbons (Fsp3) is 0.333. The summed E-state index contributed by atoms with van der Waals surface area (Å²) in [5.41, 5.74) is 2.03. The third-order valence-electron chi connectivity index (χ3n) is 3.71. The van der Waals surface area contributed by atoms with Crippen molar-refractivity contribution < 1.29 is 9.47 Å². The van der Waals surface area contributed by atoms with E-state index in [1.54, 1.807) is 6.07 Å².